The molecule has 0 N–H and O–H groups in total. The van der Waals surface area contributed by atoms with Crippen molar-refractivity contribution in [1.29, 1.82) is 5.26 Å². The fourth-order valence-electron chi connectivity index (χ4n) is 1.73. The van der Waals surface area contributed by atoms with Gasteiger partial charge in [-0.05, 0) is 34.1 Å². The number of hydrogen-bond donors (Lipinski definition) is 0. The van der Waals surface area contributed by atoms with Crippen LogP contribution < -0.4 is 4.90 Å². The maximum absolute atomic E-state index is 8.79. The van der Waals surface area contributed by atoms with E-state index in [1.165, 1.54) is 0 Å². The lowest BCUT2D eigenvalue weighted by atomic mass is 10.2. The van der Waals surface area contributed by atoms with Gasteiger partial charge < -0.3 is 4.90 Å². The third-order valence-electron chi connectivity index (χ3n) is 2.56. The second-order valence-electron chi connectivity index (χ2n) is 3.85. The summed E-state index contributed by atoms with van der Waals surface area (Å²) in [5.74, 6) is 0.755. The first-order chi connectivity index (χ1) is 9.22. The van der Waals surface area contributed by atoms with Crippen molar-refractivity contribution in [3.05, 3.63) is 52.1 Å². The monoisotopic (exact) mass is 335 g/mol. The number of anilines is 2. The molecule has 19 heavy (non-hydrogen) atoms. The molecule has 0 fully saturated rings. The standard InChI is InChI=1S/C14H11BrClN3/c15-13-9-11(16)10-18-14(13)19(8-4-7-17)12-5-2-1-3-6-12/h1-3,5-6,9-10H,4,8H2. The van der Waals surface area contributed by atoms with Crippen LogP contribution in [0, 0.1) is 11.3 Å². The summed E-state index contributed by atoms with van der Waals surface area (Å²) in [4.78, 5) is 6.33. The Labute approximate surface area is 125 Å². The van der Waals surface area contributed by atoms with E-state index in [1.807, 2.05) is 35.2 Å². The van der Waals surface area contributed by atoms with Gasteiger partial charge in [0.1, 0.15) is 5.82 Å². The Hall–Kier alpha value is -1.57. The summed E-state index contributed by atoms with van der Waals surface area (Å²) >= 11 is 9.37. The molecule has 0 spiro atoms. The van der Waals surface area contributed by atoms with E-state index in [1.54, 1.807) is 12.3 Å². The first-order valence-corrected chi connectivity index (χ1v) is 6.90. The largest absolute Gasteiger partial charge is 0.324 e. The number of benzene rings is 1. The summed E-state index contributed by atoms with van der Waals surface area (Å²) in [5, 5.41) is 9.37. The molecule has 5 heteroatoms. The Bertz CT molecular complexity index is 595. The van der Waals surface area contributed by atoms with Crippen molar-refractivity contribution < 1.29 is 0 Å². The Morgan fingerprint density at radius 2 is 2.05 bits per heavy atom. The second kappa shape index (κ2) is 6.55. The normalized spacial score (nSPS) is 9.95. The minimum atomic E-state index is 0.422. The zero-order valence-corrected chi connectivity index (χ0v) is 12.4. The lowest BCUT2D eigenvalue weighted by Gasteiger charge is -2.23. The Morgan fingerprint density at radius 1 is 1.32 bits per heavy atom. The van der Waals surface area contributed by atoms with E-state index in [4.69, 9.17) is 16.9 Å². The van der Waals surface area contributed by atoms with Crippen molar-refractivity contribution in [2.45, 2.75) is 6.42 Å². The van der Waals surface area contributed by atoms with Gasteiger partial charge in [0, 0.05) is 18.4 Å². The van der Waals surface area contributed by atoms with Gasteiger partial charge in [0.15, 0.2) is 0 Å². The molecule has 0 amide bonds. The van der Waals surface area contributed by atoms with E-state index in [9.17, 15) is 0 Å². The average molecular weight is 337 g/mol. The minimum absolute atomic E-state index is 0.422. The number of rotatable bonds is 4. The van der Waals surface area contributed by atoms with E-state index in [0.717, 1.165) is 16.0 Å². The molecular weight excluding hydrogens is 326 g/mol. The van der Waals surface area contributed by atoms with Gasteiger partial charge in [0.2, 0.25) is 0 Å². The summed E-state index contributed by atoms with van der Waals surface area (Å²) in [6, 6.07) is 13.8. The van der Waals surface area contributed by atoms with E-state index in [0.29, 0.717) is 18.0 Å². The zero-order valence-electron chi connectivity index (χ0n) is 10.1. The van der Waals surface area contributed by atoms with Crippen molar-refractivity contribution in [2.75, 3.05) is 11.4 Å². The number of pyridine rings is 1. The number of hydrogen-bond acceptors (Lipinski definition) is 3. The van der Waals surface area contributed by atoms with Crippen LogP contribution in [-0.2, 0) is 0 Å². The van der Waals surface area contributed by atoms with Gasteiger partial charge in [0.25, 0.3) is 0 Å². The molecule has 1 heterocycles. The van der Waals surface area contributed by atoms with Gasteiger partial charge in [0.05, 0.1) is 22.0 Å². The fraction of sp³-hybridized carbons (Fsp3) is 0.143. The molecule has 1 aromatic heterocycles. The number of para-hydroxylation sites is 1. The first-order valence-electron chi connectivity index (χ1n) is 5.73. The third kappa shape index (κ3) is 3.46. The first kappa shape index (κ1) is 13.9. The highest BCUT2D eigenvalue weighted by molar-refractivity contribution is 9.10. The molecule has 0 aliphatic carbocycles. The van der Waals surface area contributed by atoms with Crippen LogP contribution in [-0.4, -0.2) is 11.5 Å². The van der Waals surface area contributed by atoms with Crippen molar-refractivity contribution in [2.24, 2.45) is 0 Å². The van der Waals surface area contributed by atoms with Gasteiger partial charge in [-0.3, -0.25) is 0 Å². The molecule has 0 bridgehead atoms. The molecule has 0 atom stereocenters. The van der Waals surface area contributed by atoms with Crippen LogP contribution in [0.2, 0.25) is 5.02 Å². The van der Waals surface area contributed by atoms with Gasteiger partial charge in [-0.1, -0.05) is 29.8 Å². The SMILES string of the molecule is N#CCCN(c1ccccc1)c1ncc(Cl)cc1Br. The molecule has 0 aliphatic heterocycles. The lowest BCUT2D eigenvalue weighted by Crippen LogP contribution is -2.19. The molecule has 0 aliphatic rings. The molecule has 0 radical (unpaired) electrons. The van der Waals surface area contributed by atoms with Gasteiger partial charge in [-0.2, -0.15) is 5.26 Å². The quantitative estimate of drug-likeness (QED) is 0.822. The predicted octanol–water partition coefficient (Wildman–Crippen LogP) is 4.55. The van der Waals surface area contributed by atoms with E-state index in [-0.39, 0.29) is 0 Å². The van der Waals surface area contributed by atoms with Crippen molar-refractivity contribution >= 4 is 39.0 Å². The molecule has 2 rings (SSSR count). The highest BCUT2D eigenvalue weighted by Gasteiger charge is 2.13. The summed E-state index contributed by atoms with van der Waals surface area (Å²) in [6.45, 7) is 0.577. The fourth-order valence-corrected chi connectivity index (χ4v) is 2.59. The number of halogens is 2. The van der Waals surface area contributed by atoms with Crippen molar-refractivity contribution in [3.63, 3.8) is 0 Å². The van der Waals surface area contributed by atoms with Gasteiger partial charge >= 0.3 is 0 Å². The highest BCUT2D eigenvalue weighted by atomic mass is 79.9. The summed E-state index contributed by atoms with van der Waals surface area (Å²) in [5.41, 5.74) is 0.994. The van der Waals surface area contributed by atoms with Gasteiger partial charge in [-0.25, -0.2) is 4.98 Å². The number of nitriles is 1. The van der Waals surface area contributed by atoms with Gasteiger partial charge in [-0.15, -0.1) is 0 Å². The van der Waals surface area contributed by atoms with E-state index in [2.05, 4.69) is 27.0 Å². The average Bonchev–Trinajstić information content (AvgIpc) is 2.42. The van der Waals surface area contributed by atoms with Crippen LogP contribution in [0.15, 0.2) is 47.1 Å². The van der Waals surface area contributed by atoms with Crippen molar-refractivity contribution in [1.82, 2.24) is 4.98 Å². The van der Waals surface area contributed by atoms with Crippen LogP contribution >= 0.6 is 27.5 Å². The van der Waals surface area contributed by atoms with Crippen LogP contribution in [0.25, 0.3) is 0 Å². The third-order valence-corrected chi connectivity index (χ3v) is 3.35. The number of aromatic nitrogens is 1. The Kier molecular flexibility index (Phi) is 4.78. The van der Waals surface area contributed by atoms with E-state index >= 15 is 0 Å². The molecule has 0 saturated heterocycles. The summed E-state index contributed by atoms with van der Waals surface area (Å²) in [7, 11) is 0. The Balaban J connectivity index is 2.40. The van der Waals surface area contributed by atoms with Crippen LogP contribution in [0.3, 0.4) is 0 Å². The molecular formula is C14H11BrClN3. The highest BCUT2D eigenvalue weighted by Crippen LogP contribution is 2.31. The number of nitrogens with zero attached hydrogens (tertiary/aromatic N) is 3. The second-order valence-corrected chi connectivity index (χ2v) is 5.15. The molecule has 1 aromatic carbocycles. The maximum atomic E-state index is 8.79. The topological polar surface area (TPSA) is 39.9 Å². The lowest BCUT2D eigenvalue weighted by molar-refractivity contribution is 0.923. The summed E-state index contributed by atoms with van der Waals surface area (Å²) in [6.07, 6.45) is 2.02. The predicted molar refractivity (Wildman–Crippen MR) is 80.6 cm³/mol. The van der Waals surface area contributed by atoms with Crippen LogP contribution in [0.5, 0.6) is 0 Å². The minimum Gasteiger partial charge on any atom is -0.324 e. The van der Waals surface area contributed by atoms with Crippen LogP contribution in [0.1, 0.15) is 6.42 Å². The smallest absolute Gasteiger partial charge is 0.147 e. The maximum Gasteiger partial charge on any atom is 0.147 e. The van der Waals surface area contributed by atoms with Crippen molar-refractivity contribution in [3.8, 4) is 6.07 Å². The zero-order chi connectivity index (χ0) is 13.7. The molecule has 96 valence electrons. The Morgan fingerprint density at radius 3 is 2.68 bits per heavy atom. The molecule has 0 saturated carbocycles. The summed E-state index contributed by atoms with van der Waals surface area (Å²) < 4.78 is 0.807. The molecule has 3 nitrogen and oxygen atoms in total. The molecule has 2 aromatic rings. The molecule has 0 unspecified atom stereocenters. The van der Waals surface area contributed by atoms with Crippen LogP contribution in [0.4, 0.5) is 11.5 Å². The van der Waals surface area contributed by atoms with E-state index < -0.39 is 0 Å².